The fourth-order valence-electron chi connectivity index (χ4n) is 18.7. The lowest BCUT2D eigenvalue weighted by molar-refractivity contribution is 0.590. The summed E-state index contributed by atoms with van der Waals surface area (Å²) in [5.41, 5.74) is 35.9. The van der Waals surface area contributed by atoms with E-state index in [0.717, 1.165) is 129 Å². The molecule has 18 aromatic rings. The van der Waals surface area contributed by atoms with Crippen molar-refractivity contribution in [1.29, 1.82) is 0 Å². The summed E-state index contributed by atoms with van der Waals surface area (Å²) in [6.07, 6.45) is 0. The fourth-order valence-corrected chi connectivity index (χ4v) is 18.7. The van der Waals surface area contributed by atoms with Gasteiger partial charge in [0.2, 0.25) is 0 Å². The van der Waals surface area contributed by atoms with Crippen LogP contribution < -0.4 is 31.1 Å². The Morgan fingerprint density at radius 2 is 0.568 bits per heavy atom. The molecule has 0 spiro atoms. The average Bonchev–Trinajstić information content (AvgIpc) is 0.753. The Labute approximate surface area is 695 Å². The Morgan fingerprint density at radius 1 is 0.229 bits per heavy atom. The number of benzene rings is 16. The Kier molecular flexibility index (Phi) is 17.6. The zero-order valence-corrected chi connectivity index (χ0v) is 69.5. The van der Waals surface area contributed by atoms with Gasteiger partial charge in [0.05, 0.1) is 39.1 Å². The second-order valence-corrected chi connectivity index (χ2v) is 36.5. The summed E-state index contributed by atoms with van der Waals surface area (Å²) in [5, 5.41) is 4.93. The number of fused-ring (bicyclic) bond motifs is 10. The highest BCUT2D eigenvalue weighted by atomic mass is 15.2. The largest absolute Gasteiger partial charge is 0.310 e. The van der Waals surface area contributed by atoms with E-state index in [2.05, 4.69) is 471 Å². The maximum Gasteiger partial charge on any atom is 0.252 e. The summed E-state index contributed by atoms with van der Waals surface area (Å²) >= 11 is 0. The highest BCUT2D eigenvalue weighted by Gasteiger charge is 2.47. The van der Waals surface area contributed by atoms with Crippen LogP contribution in [-0.2, 0) is 21.7 Å². The Bertz CT molecular complexity index is 6690. The first kappa shape index (κ1) is 73.5. The summed E-state index contributed by atoms with van der Waals surface area (Å²) in [6.45, 7) is 27.9. The quantitative estimate of drug-likeness (QED) is 0.114. The Hall–Kier alpha value is -13.4. The maximum atomic E-state index is 2.74. The molecule has 0 atom stereocenters. The molecule has 6 heteroatoms. The van der Waals surface area contributed by atoms with E-state index in [-0.39, 0.29) is 28.4 Å². The molecule has 20 rings (SSSR count). The van der Waals surface area contributed by atoms with E-state index in [4.69, 9.17) is 0 Å². The molecule has 4 heterocycles. The van der Waals surface area contributed by atoms with Gasteiger partial charge in [-0.3, -0.25) is 0 Å². The van der Waals surface area contributed by atoms with Crippen molar-refractivity contribution >= 4 is 118 Å². The minimum absolute atomic E-state index is 0.119. The number of rotatable bonds is 12. The third-order valence-electron chi connectivity index (χ3n) is 24.9. The molecule has 0 amide bonds. The smallest absolute Gasteiger partial charge is 0.252 e. The SMILES string of the molecule is CC(C)(C)c1cc(-c2ccccc2)c(N2c3cc(-c4ccccc4)ccc3B3c4ccc(N(c5ccccc5)c5ccc(-n6c7ccccc7c7ccccc76)cc5)cc4N(c4c(-c5ccccc5)cc(C(C)(C)C)cc4-c4ccccc4)c4cc(-n5c6ccc(C(C)(C)C)cc6c6cc(C(C)(C)C)ccc65)cc2c43)c(-c2ccccc2)c1. The number of anilines is 9. The van der Waals surface area contributed by atoms with Crippen LogP contribution in [0.3, 0.4) is 0 Å². The highest BCUT2D eigenvalue weighted by Crippen LogP contribution is 2.57. The van der Waals surface area contributed by atoms with Gasteiger partial charge in [0.25, 0.3) is 6.71 Å². The van der Waals surface area contributed by atoms with Gasteiger partial charge in [0, 0.05) is 89.3 Å². The number of hydrogen-bond donors (Lipinski definition) is 0. The van der Waals surface area contributed by atoms with Gasteiger partial charge in [-0.15, -0.1) is 0 Å². The molecule has 0 aliphatic carbocycles. The predicted octanol–water partition coefficient (Wildman–Crippen LogP) is 29.0. The van der Waals surface area contributed by atoms with Crippen molar-refractivity contribution in [2.75, 3.05) is 14.7 Å². The molecule has 0 fully saturated rings. The minimum atomic E-state index is -0.309. The first-order valence-electron chi connectivity index (χ1n) is 41.8. The van der Waals surface area contributed by atoms with Crippen molar-refractivity contribution in [2.45, 2.75) is 105 Å². The number of nitrogens with zero attached hydrogens (tertiary/aromatic N) is 5. The monoisotopic (exact) mass is 1520 g/mol. The van der Waals surface area contributed by atoms with Gasteiger partial charge < -0.3 is 23.8 Å². The molecule has 2 aromatic heterocycles. The zero-order valence-electron chi connectivity index (χ0n) is 69.5. The highest BCUT2D eigenvalue weighted by molar-refractivity contribution is 7.00. The molecule has 0 bridgehead atoms. The lowest BCUT2D eigenvalue weighted by Crippen LogP contribution is -2.61. The maximum absolute atomic E-state index is 2.74. The molecule has 16 aromatic carbocycles. The van der Waals surface area contributed by atoms with Crippen molar-refractivity contribution in [3.8, 4) is 67.0 Å². The lowest BCUT2D eigenvalue weighted by Gasteiger charge is -2.46. The molecule has 5 nitrogen and oxygen atoms in total. The number of aromatic nitrogens is 2. The second-order valence-electron chi connectivity index (χ2n) is 36.5. The molecule has 0 radical (unpaired) electrons. The van der Waals surface area contributed by atoms with E-state index < -0.39 is 0 Å². The fraction of sp³-hybridized carbons (Fsp3) is 0.143. The molecule has 0 N–H and O–H groups in total. The van der Waals surface area contributed by atoms with E-state index in [0.29, 0.717) is 0 Å². The van der Waals surface area contributed by atoms with E-state index in [1.165, 1.54) is 71.2 Å². The van der Waals surface area contributed by atoms with Crippen LogP contribution in [0.5, 0.6) is 0 Å². The van der Waals surface area contributed by atoms with Gasteiger partial charge >= 0.3 is 0 Å². The summed E-state index contributed by atoms with van der Waals surface area (Å²) in [4.78, 5) is 7.95. The molecular formula is C112H96BN5. The van der Waals surface area contributed by atoms with Crippen LogP contribution in [0.15, 0.2) is 364 Å². The summed E-state index contributed by atoms with van der Waals surface area (Å²) < 4.78 is 5.03. The van der Waals surface area contributed by atoms with Crippen LogP contribution in [0.2, 0.25) is 0 Å². The van der Waals surface area contributed by atoms with Crippen LogP contribution in [-0.4, -0.2) is 15.8 Å². The van der Waals surface area contributed by atoms with E-state index >= 15 is 0 Å². The van der Waals surface area contributed by atoms with Gasteiger partial charge in [0.15, 0.2) is 0 Å². The first-order chi connectivity index (χ1) is 57.1. The normalized spacial score (nSPS) is 12.9. The Morgan fingerprint density at radius 3 is 0.983 bits per heavy atom. The molecule has 2 aliphatic heterocycles. The molecule has 118 heavy (non-hydrogen) atoms. The van der Waals surface area contributed by atoms with Crippen LogP contribution >= 0.6 is 0 Å². The minimum Gasteiger partial charge on any atom is -0.310 e. The zero-order chi connectivity index (χ0) is 80.7. The van der Waals surface area contributed by atoms with Crippen molar-refractivity contribution in [2.24, 2.45) is 0 Å². The van der Waals surface area contributed by atoms with Gasteiger partial charge in [-0.1, -0.05) is 320 Å². The van der Waals surface area contributed by atoms with Gasteiger partial charge in [-0.25, -0.2) is 0 Å². The van der Waals surface area contributed by atoms with Crippen molar-refractivity contribution in [3.05, 3.63) is 386 Å². The van der Waals surface area contributed by atoms with Crippen molar-refractivity contribution < 1.29 is 0 Å². The van der Waals surface area contributed by atoms with Crippen LogP contribution in [0.4, 0.5) is 51.2 Å². The van der Waals surface area contributed by atoms with Gasteiger partial charge in [-0.2, -0.15) is 0 Å². The second kappa shape index (κ2) is 28.2. The Balaban J connectivity index is 0.968. The van der Waals surface area contributed by atoms with Gasteiger partial charge in [0.1, 0.15) is 0 Å². The van der Waals surface area contributed by atoms with E-state index in [9.17, 15) is 0 Å². The van der Waals surface area contributed by atoms with Crippen LogP contribution in [0, 0.1) is 0 Å². The van der Waals surface area contributed by atoms with Crippen LogP contribution in [0.1, 0.15) is 105 Å². The molecule has 572 valence electrons. The molecule has 2 aliphatic rings. The van der Waals surface area contributed by atoms with E-state index in [1.54, 1.807) is 0 Å². The topological polar surface area (TPSA) is 19.6 Å². The standard InChI is InChI=1S/C112H96BN5/c1-109(2,3)79-52-61-100-94(64-79)95-65-80(110(4,5)6)53-62-101(95)116(100)87-71-104-106-105(72-87)118(108-92(76-41-25-16-26-42-76)68-82(112(10,11)12)69-93(108)77-43-27-17-28-44-77)103-70-86(114(83-45-29-18-30-46-83)84-54-56-85(57-55-84)115-98-49-33-31-47-88(98)89-48-32-34-50-99(89)115)58-60-97(103)113(106)96-59-51-78(73-35-19-13-20-36-73)63-102(96)117(104)107-90(74-37-21-14-22-38-74)66-81(111(7,8)9)67-91(107)75-39-23-15-24-40-75/h13-72H,1-12H3. The predicted molar refractivity (Wildman–Crippen MR) is 506 cm³/mol. The molecule has 0 saturated heterocycles. The molecule has 0 saturated carbocycles. The van der Waals surface area contributed by atoms with E-state index in [1.807, 2.05) is 0 Å². The van der Waals surface area contributed by atoms with Crippen molar-refractivity contribution in [1.82, 2.24) is 9.13 Å². The van der Waals surface area contributed by atoms with Crippen molar-refractivity contribution in [3.63, 3.8) is 0 Å². The average molecular weight is 1520 g/mol. The molecular weight excluding hydrogens is 1430 g/mol. The van der Waals surface area contributed by atoms with Crippen LogP contribution in [0.25, 0.3) is 111 Å². The lowest BCUT2D eigenvalue weighted by atomic mass is 9.33. The van der Waals surface area contributed by atoms with Gasteiger partial charge in [-0.05, 0) is 221 Å². The summed E-state index contributed by atoms with van der Waals surface area (Å²) in [5.74, 6) is 0. The third-order valence-corrected chi connectivity index (χ3v) is 24.9. The number of para-hydroxylation sites is 3. The summed E-state index contributed by atoms with van der Waals surface area (Å²) in [7, 11) is 0. The summed E-state index contributed by atoms with van der Waals surface area (Å²) in [6, 6.07) is 139. The molecule has 0 unspecified atom stereocenters. The number of hydrogen-bond acceptors (Lipinski definition) is 3. The third kappa shape index (κ3) is 12.5. The first-order valence-corrected chi connectivity index (χ1v) is 41.8.